The van der Waals surface area contributed by atoms with Crippen molar-refractivity contribution < 1.29 is 0 Å². The van der Waals surface area contributed by atoms with Gasteiger partial charge in [-0.1, -0.05) is 114 Å². The summed E-state index contributed by atoms with van der Waals surface area (Å²) < 4.78 is 0. The van der Waals surface area contributed by atoms with Gasteiger partial charge in [0.15, 0.2) is 0 Å². The van der Waals surface area contributed by atoms with E-state index >= 15 is 0 Å². The molecule has 0 amide bonds. The molecule has 2 aromatic rings. The van der Waals surface area contributed by atoms with E-state index in [-0.39, 0.29) is 0 Å². The smallest absolute Gasteiger partial charge is 0.0274 e. The van der Waals surface area contributed by atoms with E-state index in [9.17, 15) is 0 Å². The highest BCUT2D eigenvalue weighted by Crippen LogP contribution is 2.10. The molecule has 34 heavy (non-hydrogen) atoms. The molecule has 0 saturated heterocycles. The van der Waals surface area contributed by atoms with Crippen LogP contribution in [0.5, 0.6) is 0 Å². The lowest BCUT2D eigenvalue weighted by Gasteiger charge is -2.01. The van der Waals surface area contributed by atoms with Gasteiger partial charge in [-0.25, -0.2) is 0 Å². The lowest BCUT2D eigenvalue weighted by Crippen LogP contribution is -1.86. The largest absolute Gasteiger partial charge is 0.100 e. The Balaban J connectivity index is -0.000000423. The summed E-state index contributed by atoms with van der Waals surface area (Å²) in [4.78, 5) is 0. The molecule has 0 heterocycles. The van der Waals surface area contributed by atoms with Crippen LogP contribution in [0.2, 0.25) is 0 Å². The minimum atomic E-state index is 0.924. The molecule has 2 aromatic carbocycles. The predicted octanol–water partition coefficient (Wildman–Crippen LogP) is 10.4. The molecular weight excluding hydrogens is 408 g/mol. The van der Waals surface area contributed by atoms with Gasteiger partial charge < -0.3 is 0 Å². The fourth-order valence-electron chi connectivity index (χ4n) is 2.41. The summed E-state index contributed by atoms with van der Waals surface area (Å²) in [5.41, 5.74) is 8.83. The number of benzene rings is 2. The molecule has 0 fully saturated rings. The Morgan fingerprint density at radius 1 is 0.706 bits per heavy atom. The molecule has 0 spiro atoms. The van der Waals surface area contributed by atoms with E-state index in [0.717, 1.165) is 31.2 Å². The van der Waals surface area contributed by atoms with E-state index in [0.29, 0.717) is 0 Å². The van der Waals surface area contributed by atoms with Gasteiger partial charge in [0.2, 0.25) is 0 Å². The van der Waals surface area contributed by atoms with Crippen LogP contribution in [0.1, 0.15) is 115 Å². The monoisotopic (exact) mass is 460 g/mol. The lowest BCUT2D eigenvalue weighted by atomic mass is 10.0. The first-order chi connectivity index (χ1) is 16.3. The molecule has 188 valence electrons. The quantitative estimate of drug-likeness (QED) is 0.309. The van der Waals surface area contributed by atoms with Gasteiger partial charge in [0.1, 0.15) is 0 Å². The normalized spacial score (nSPS) is 8.12. The summed E-state index contributed by atoms with van der Waals surface area (Å²) in [5, 5.41) is 0. The molecule has 0 unspecified atom stereocenters. The van der Waals surface area contributed by atoms with E-state index < -0.39 is 0 Å². The zero-order valence-electron chi connectivity index (χ0n) is 24.5. The van der Waals surface area contributed by atoms with Crippen LogP contribution in [0.3, 0.4) is 0 Å². The van der Waals surface area contributed by atoms with Crippen molar-refractivity contribution in [3.63, 3.8) is 0 Å². The maximum Gasteiger partial charge on any atom is 0.0274 e. The fourth-order valence-corrected chi connectivity index (χ4v) is 2.41. The van der Waals surface area contributed by atoms with Gasteiger partial charge in [0, 0.05) is 24.0 Å². The molecule has 0 atom stereocenters. The Morgan fingerprint density at radius 2 is 1.12 bits per heavy atom. The first kappa shape index (κ1) is 35.9. The van der Waals surface area contributed by atoms with Crippen molar-refractivity contribution in [1.29, 1.82) is 0 Å². The van der Waals surface area contributed by atoms with Gasteiger partial charge in [-0.05, 0) is 69.4 Å². The molecule has 0 bridgehead atoms. The molecule has 0 saturated carbocycles. The van der Waals surface area contributed by atoms with Crippen LogP contribution in [-0.4, -0.2) is 0 Å². The van der Waals surface area contributed by atoms with Gasteiger partial charge in [0.05, 0.1) is 0 Å². The van der Waals surface area contributed by atoms with E-state index in [1.807, 2.05) is 34.6 Å². The molecular formula is C34H52. The summed E-state index contributed by atoms with van der Waals surface area (Å²) in [6.45, 7) is 28.4. The Hall–Kier alpha value is -2.70. The van der Waals surface area contributed by atoms with E-state index in [1.165, 1.54) is 33.4 Å². The van der Waals surface area contributed by atoms with Crippen molar-refractivity contribution in [3.8, 4) is 23.7 Å². The second-order valence-corrected chi connectivity index (χ2v) is 7.44. The Bertz CT molecular complexity index is 905. The van der Waals surface area contributed by atoms with Crippen LogP contribution in [0.4, 0.5) is 0 Å². The van der Waals surface area contributed by atoms with Crippen molar-refractivity contribution >= 4 is 0 Å². The van der Waals surface area contributed by atoms with Gasteiger partial charge in [-0.15, -0.1) is 6.58 Å². The molecule has 0 N–H and O–H groups in total. The third-order valence-electron chi connectivity index (χ3n) is 4.48. The molecule has 0 heteroatoms. The summed E-state index contributed by atoms with van der Waals surface area (Å²) in [6.07, 6.45) is 4.06. The van der Waals surface area contributed by atoms with Crippen molar-refractivity contribution in [2.75, 3.05) is 0 Å². The molecule has 0 aliphatic rings. The Labute approximate surface area is 214 Å². The summed E-state index contributed by atoms with van der Waals surface area (Å²) >= 11 is 0. The Kier molecular flexibility index (Phi) is 26.3. The van der Waals surface area contributed by atoms with Gasteiger partial charge in [-0.3, -0.25) is 0 Å². The van der Waals surface area contributed by atoms with E-state index in [2.05, 4.69) is 115 Å². The van der Waals surface area contributed by atoms with Gasteiger partial charge in [-0.2, -0.15) is 0 Å². The first-order valence-electron chi connectivity index (χ1n) is 13.1. The van der Waals surface area contributed by atoms with Crippen molar-refractivity contribution in [2.45, 2.75) is 109 Å². The molecule has 0 nitrogen and oxygen atoms in total. The highest BCUT2D eigenvalue weighted by Gasteiger charge is 1.95. The summed E-state index contributed by atoms with van der Waals surface area (Å²) in [5.74, 6) is 12.5. The maximum atomic E-state index is 3.67. The summed E-state index contributed by atoms with van der Waals surface area (Å²) in [7, 11) is 0. The van der Waals surface area contributed by atoms with Crippen LogP contribution in [0.25, 0.3) is 0 Å². The predicted molar refractivity (Wildman–Crippen MR) is 159 cm³/mol. The van der Waals surface area contributed by atoms with Crippen LogP contribution in [-0.2, 0) is 6.42 Å². The van der Waals surface area contributed by atoms with Crippen LogP contribution in [0.15, 0.2) is 48.6 Å². The first-order valence-corrected chi connectivity index (χ1v) is 13.1. The minimum absolute atomic E-state index is 0.924. The number of hydrogen-bond donors (Lipinski definition) is 0. The van der Waals surface area contributed by atoms with Gasteiger partial charge >= 0.3 is 0 Å². The van der Waals surface area contributed by atoms with Crippen molar-refractivity contribution in [1.82, 2.24) is 0 Å². The van der Waals surface area contributed by atoms with Crippen LogP contribution in [0, 0.1) is 44.5 Å². The molecule has 0 radical (unpaired) electrons. The number of aryl methyl sites for hydroxylation is 4. The molecule has 0 aliphatic carbocycles. The van der Waals surface area contributed by atoms with E-state index in [4.69, 9.17) is 0 Å². The average molecular weight is 461 g/mol. The number of rotatable bonds is 2. The van der Waals surface area contributed by atoms with Crippen molar-refractivity contribution in [3.05, 3.63) is 81.9 Å². The second-order valence-electron chi connectivity index (χ2n) is 7.44. The number of hydrogen-bond acceptors (Lipinski definition) is 0. The van der Waals surface area contributed by atoms with E-state index in [1.54, 1.807) is 0 Å². The van der Waals surface area contributed by atoms with Crippen LogP contribution < -0.4 is 0 Å². The average Bonchev–Trinajstić information content (AvgIpc) is 2.86. The molecule has 2 rings (SSSR count). The Morgan fingerprint density at radius 3 is 1.44 bits per heavy atom. The third kappa shape index (κ3) is 18.8. The van der Waals surface area contributed by atoms with Crippen LogP contribution >= 0.6 is 0 Å². The topological polar surface area (TPSA) is 0 Å². The highest BCUT2D eigenvalue weighted by molar-refractivity contribution is 5.43. The van der Waals surface area contributed by atoms with Gasteiger partial charge in [0.25, 0.3) is 0 Å². The zero-order valence-corrected chi connectivity index (χ0v) is 24.5. The third-order valence-corrected chi connectivity index (χ3v) is 4.48. The maximum absolute atomic E-state index is 3.67. The summed E-state index contributed by atoms with van der Waals surface area (Å²) in [6, 6.07) is 12.9. The highest BCUT2D eigenvalue weighted by atomic mass is 14.0. The lowest BCUT2D eigenvalue weighted by molar-refractivity contribution is 1.11. The molecule has 0 aliphatic heterocycles. The number of allylic oxidation sites excluding steroid dienone is 1. The second kappa shape index (κ2) is 24.9. The fraction of sp³-hybridized carbons (Fsp3) is 0.471. The van der Waals surface area contributed by atoms with Crippen molar-refractivity contribution in [2.24, 2.45) is 0 Å². The SMILES string of the molecule is C=C(C)CC.CC.CC.CCC#Cc1ccc(C)cc1C.CCC#Cc1ccc(CC)cc1C. The standard InChI is InChI=1S/C13H16.C12H14.C5H10.2C2H6/c1-4-6-7-13-9-8-12(5-2)10-11(13)3;1-4-5-6-12-8-7-10(2)9-11(12)3;1-4-5(2)3;2*1-2/h8-10H,4-5H2,1-3H3;7-9H,4H2,1-3H3;2,4H2,1,3H3;2*1-2H3. The zero-order chi connectivity index (χ0) is 26.9. The molecule has 0 aromatic heterocycles. The minimum Gasteiger partial charge on any atom is -0.100 e.